The van der Waals surface area contributed by atoms with E-state index in [9.17, 15) is 9.59 Å². The van der Waals surface area contributed by atoms with Crippen LogP contribution in [0.4, 0.5) is 0 Å². The summed E-state index contributed by atoms with van der Waals surface area (Å²) in [5, 5.41) is 14.8. The van der Waals surface area contributed by atoms with E-state index in [0.717, 1.165) is 5.56 Å². The van der Waals surface area contributed by atoms with E-state index in [1.165, 1.54) is 11.0 Å². The predicted octanol–water partition coefficient (Wildman–Crippen LogP) is 2.32. The van der Waals surface area contributed by atoms with E-state index < -0.39 is 12.1 Å². The van der Waals surface area contributed by atoms with E-state index in [-0.39, 0.29) is 35.7 Å². The number of likely N-dealkylation sites (tertiary alicyclic amines) is 1. The lowest BCUT2D eigenvalue weighted by molar-refractivity contribution is -0.141. The van der Waals surface area contributed by atoms with Crippen molar-refractivity contribution in [3.8, 4) is 5.69 Å². The highest BCUT2D eigenvalue weighted by atomic mass is 35.5. The number of carbonyl (C=O) groups is 2. The first-order valence-corrected chi connectivity index (χ1v) is 11.2. The predicted molar refractivity (Wildman–Crippen MR) is 122 cm³/mol. The highest BCUT2D eigenvalue weighted by Crippen LogP contribution is 2.32. The Morgan fingerprint density at radius 2 is 2.03 bits per heavy atom. The smallest absolute Gasteiger partial charge is 0.243 e. The lowest BCUT2D eigenvalue weighted by atomic mass is 9.88. The highest BCUT2D eigenvalue weighted by Gasteiger charge is 2.44. The molecule has 0 saturated carbocycles. The summed E-state index contributed by atoms with van der Waals surface area (Å²) < 4.78 is 1.51. The van der Waals surface area contributed by atoms with Crippen molar-refractivity contribution in [3.05, 3.63) is 35.1 Å². The lowest BCUT2D eigenvalue weighted by Gasteiger charge is -2.32. The number of hydrogen-bond donors (Lipinski definition) is 2. The molecule has 1 unspecified atom stereocenters. The minimum absolute atomic E-state index is 0.0628. The van der Waals surface area contributed by atoms with Crippen molar-refractivity contribution in [2.45, 2.75) is 72.1 Å². The van der Waals surface area contributed by atoms with Crippen LogP contribution in [-0.2, 0) is 16.1 Å². The number of benzene rings is 1. The van der Waals surface area contributed by atoms with Gasteiger partial charge >= 0.3 is 0 Å². The molecule has 1 fully saturated rings. The molecule has 1 aromatic heterocycles. The summed E-state index contributed by atoms with van der Waals surface area (Å²) in [6, 6.07) is 4.03. The molecule has 0 aliphatic carbocycles. The zero-order valence-electron chi connectivity index (χ0n) is 19.2. The molecule has 1 saturated heterocycles. The highest BCUT2D eigenvalue weighted by molar-refractivity contribution is 6.30. The minimum atomic E-state index is -0.641. The topological polar surface area (TPSA) is 119 Å². The maximum absolute atomic E-state index is 13.2. The number of carbonyl (C=O) groups excluding carboxylic acids is 2. The standard InChI is InChI=1S/C22H32ClN7O2/c1-13-8-19(30(14(13)2)21(32)17(24)10-22(3,4)5)20(31)25-11-15-9-16(23)6-7-18(15)29-12-26-27-28-29/h6-7,9,12-14,17,19H,8,10-11,24H2,1-5H3,(H,25,31)/t13-,14?,17+,19-/m0/s1. The Balaban J connectivity index is 1.75. The van der Waals surface area contributed by atoms with Gasteiger partial charge in [-0.1, -0.05) is 39.3 Å². The number of aromatic nitrogens is 4. The molecule has 32 heavy (non-hydrogen) atoms. The van der Waals surface area contributed by atoms with Crippen LogP contribution in [0.25, 0.3) is 5.69 Å². The van der Waals surface area contributed by atoms with Crippen molar-refractivity contribution in [1.82, 2.24) is 30.4 Å². The van der Waals surface area contributed by atoms with Crippen molar-refractivity contribution >= 4 is 23.4 Å². The van der Waals surface area contributed by atoms with Crippen LogP contribution in [0.1, 0.15) is 53.0 Å². The number of nitrogens with two attached hydrogens (primary N) is 1. The molecule has 4 atom stereocenters. The molecule has 0 spiro atoms. The Labute approximate surface area is 193 Å². The average molecular weight is 462 g/mol. The first kappa shape index (κ1) is 24.1. The number of halogens is 1. The number of amides is 2. The van der Waals surface area contributed by atoms with Gasteiger partial charge in [-0.3, -0.25) is 9.59 Å². The zero-order valence-corrected chi connectivity index (χ0v) is 20.0. The van der Waals surface area contributed by atoms with Gasteiger partial charge in [0.05, 0.1) is 11.7 Å². The van der Waals surface area contributed by atoms with E-state index in [2.05, 4.69) is 27.8 Å². The maximum Gasteiger partial charge on any atom is 0.243 e. The Morgan fingerprint density at radius 1 is 1.31 bits per heavy atom. The monoisotopic (exact) mass is 461 g/mol. The molecule has 1 aliphatic rings. The lowest BCUT2D eigenvalue weighted by Crippen LogP contribution is -2.54. The Kier molecular flexibility index (Phi) is 7.19. The van der Waals surface area contributed by atoms with Crippen molar-refractivity contribution < 1.29 is 9.59 Å². The second-order valence-corrected chi connectivity index (χ2v) is 10.3. The number of hydrogen-bond acceptors (Lipinski definition) is 6. The molecule has 3 rings (SSSR count). The number of tetrazole rings is 1. The Morgan fingerprint density at radius 3 is 2.66 bits per heavy atom. The molecule has 2 heterocycles. The van der Waals surface area contributed by atoms with Crippen LogP contribution in [0.2, 0.25) is 5.02 Å². The molecule has 1 aliphatic heterocycles. The summed E-state index contributed by atoms with van der Waals surface area (Å²) >= 11 is 6.17. The van der Waals surface area contributed by atoms with Crippen LogP contribution in [0.15, 0.2) is 24.5 Å². The molecular formula is C22H32ClN7O2. The van der Waals surface area contributed by atoms with Gasteiger partial charge in [-0.15, -0.1) is 5.10 Å². The van der Waals surface area contributed by atoms with Crippen LogP contribution in [-0.4, -0.2) is 55.0 Å². The molecule has 174 valence electrons. The Hall–Kier alpha value is -2.52. The summed E-state index contributed by atoms with van der Waals surface area (Å²) in [5.74, 6) is -0.186. The number of nitrogens with zero attached hydrogens (tertiary/aromatic N) is 5. The van der Waals surface area contributed by atoms with Crippen LogP contribution in [0, 0.1) is 11.3 Å². The van der Waals surface area contributed by atoms with Crippen molar-refractivity contribution in [2.24, 2.45) is 17.1 Å². The van der Waals surface area contributed by atoms with E-state index in [4.69, 9.17) is 17.3 Å². The third kappa shape index (κ3) is 5.45. The normalized spacial score (nSPS) is 22.1. The fourth-order valence-electron chi connectivity index (χ4n) is 4.24. The van der Waals surface area contributed by atoms with E-state index in [1.807, 2.05) is 27.7 Å². The fourth-order valence-corrected chi connectivity index (χ4v) is 4.43. The fraction of sp³-hybridized carbons (Fsp3) is 0.591. The van der Waals surface area contributed by atoms with Gasteiger partial charge in [0.15, 0.2) is 0 Å². The van der Waals surface area contributed by atoms with Gasteiger partial charge in [0.2, 0.25) is 11.8 Å². The third-order valence-electron chi connectivity index (χ3n) is 5.99. The van der Waals surface area contributed by atoms with Crippen LogP contribution < -0.4 is 11.1 Å². The van der Waals surface area contributed by atoms with E-state index in [1.54, 1.807) is 23.1 Å². The molecule has 2 aromatic rings. The molecule has 10 heteroatoms. The van der Waals surface area contributed by atoms with E-state index >= 15 is 0 Å². The largest absolute Gasteiger partial charge is 0.350 e. The van der Waals surface area contributed by atoms with Crippen molar-refractivity contribution in [2.75, 3.05) is 0 Å². The first-order chi connectivity index (χ1) is 15.0. The van der Waals surface area contributed by atoms with E-state index in [0.29, 0.717) is 23.6 Å². The third-order valence-corrected chi connectivity index (χ3v) is 6.23. The molecule has 3 N–H and O–H groups in total. The molecule has 0 bridgehead atoms. The van der Waals surface area contributed by atoms with Gasteiger partial charge in [-0.05, 0) is 65.3 Å². The summed E-state index contributed by atoms with van der Waals surface area (Å²) in [6.07, 6.45) is 2.62. The molecule has 2 amide bonds. The molecular weight excluding hydrogens is 430 g/mol. The minimum Gasteiger partial charge on any atom is -0.350 e. The summed E-state index contributed by atoms with van der Waals surface area (Å²) in [7, 11) is 0. The van der Waals surface area contributed by atoms with Gasteiger partial charge in [0.1, 0.15) is 12.4 Å². The summed E-state index contributed by atoms with van der Waals surface area (Å²) in [6.45, 7) is 10.4. The second-order valence-electron chi connectivity index (χ2n) is 9.83. The van der Waals surface area contributed by atoms with Crippen LogP contribution in [0.3, 0.4) is 0 Å². The van der Waals surface area contributed by atoms with Crippen molar-refractivity contribution in [3.63, 3.8) is 0 Å². The van der Waals surface area contributed by atoms with Crippen LogP contribution in [0.5, 0.6) is 0 Å². The number of nitrogens with one attached hydrogen (secondary N) is 1. The second kappa shape index (κ2) is 9.54. The van der Waals surface area contributed by atoms with Gasteiger partial charge in [-0.2, -0.15) is 0 Å². The molecule has 0 radical (unpaired) electrons. The zero-order chi connectivity index (χ0) is 23.6. The van der Waals surface area contributed by atoms with Crippen molar-refractivity contribution in [1.29, 1.82) is 0 Å². The van der Waals surface area contributed by atoms with Gasteiger partial charge < -0.3 is 16.0 Å². The SMILES string of the molecule is CC1[C@@H](C)C[C@@H](C(=O)NCc2cc(Cl)ccc2-n2cnnn2)N1C(=O)[C@H](N)CC(C)(C)C. The first-order valence-electron chi connectivity index (χ1n) is 10.8. The van der Waals surface area contributed by atoms with Gasteiger partial charge in [0, 0.05) is 17.6 Å². The quantitative estimate of drug-likeness (QED) is 0.681. The molecule has 9 nitrogen and oxygen atoms in total. The van der Waals surface area contributed by atoms with Gasteiger partial charge in [-0.25, -0.2) is 4.68 Å². The summed E-state index contributed by atoms with van der Waals surface area (Å²) in [4.78, 5) is 28.1. The maximum atomic E-state index is 13.2. The van der Waals surface area contributed by atoms with Gasteiger partial charge in [0.25, 0.3) is 0 Å². The van der Waals surface area contributed by atoms with Crippen LogP contribution >= 0.6 is 11.6 Å². The number of rotatable bonds is 6. The molecule has 1 aromatic carbocycles. The average Bonchev–Trinajstić information content (AvgIpc) is 3.33. The summed E-state index contributed by atoms with van der Waals surface area (Å²) in [5.41, 5.74) is 7.65. The Bertz CT molecular complexity index is 958.